The van der Waals surface area contributed by atoms with E-state index in [2.05, 4.69) is 16.0 Å². The van der Waals surface area contributed by atoms with E-state index in [0.717, 1.165) is 11.1 Å². The molecule has 34 heavy (non-hydrogen) atoms. The lowest BCUT2D eigenvalue weighted by molar-refractivity contribution is -0.129. The molecule has 0 aromatic heterocycles. The summed E-state index contributed by atoms with van der Waals surface area (Å²) in [5.41, 5.74) is 1.95. The number of alkyl carbamates (subject to hydrolysis) is 1. The monoisotopic (exact) mass is 467 g/mol. The zero-order chi connectivity index (χ0) is 24.3. The van der Waals surface area contributed by atoms with E-state index in [1.165, 1.54) is 0 Å². The van der Waals surface area contributed by atoms with Gasteiger partial charge in [0, 0.05) is 0 Å². The Bertz CT molecular complexity index is 932. The Morgan fingerprint density at radius 1 is 0.971 bits per heavy atom. The highest BCUT2D eigenvalue weighted by Crippen LogP contribution is 2.18. The van der Waals surface area contributed by atoms with Crippen LogP contribution in [0.25, 0.3) is 0 Å². The largest absolute Gasteiger partial charge is 0.445 e. The SMILES string of the molecule is CC(C)C[C@H](NC(=O)CNC(=O)OCc1ccccc1)C(=O)N[C@@H](Cc1ccccc1)C1CO1. The summed E-state index contributed by atoms with van der Waals surface area (Å²) in [6, 6.07) is 18.3. The summed E-state index contributed by atoms with van der Waals surface area (Å²) in [6.45, 7) is 4.40. The van der Waals surface area contributed by atoms with Crippen LogP contribution in [0.4, 0.5) is 4.79 Å². The smallest absolute Gasteiger partial charge is 0.407 e. The van der Waals surface area contributed by atoms with Crippen molar-refractivity contribution in [3.8, 4) is 0 Å². The van der Waals surface area contributed by atoms with Crippen LogP contribution in [0, 0.1) is 5.92 Å². The van der Waals surface area contributed by atoms with Gasteiger partial charge in [-0.3, -0.25) is 9.59 Å². The number of amides is 3. The van der Waals surface area contributed by atoms with Crippen molar-refractivity contribution < 1.29 is 23.9 Å². The first-order valence-corrected chi connectivity index (χ1v) is 11.6. The fraction of sp³-hybridized carbons (Fsp3) is 0.423. The lowest BCUT2D eigenvalue weighted by Crippen LogP contribution is -2.53. The Hall–Kier alpha value is -3.39. The molecule has 182 valence electrons. The number of rotatable bonds is 12. The second-order valence-corrected chi connectivity index (χ2v) is 8.84. The molecule has 1 unspecified atom stereocenters. The maximum absolute atomic E-state index is 13.1. The molecule has 3 N–H and O–H groups in total. The third-order valence-corrected chi connectivity index (χ3v) is 5.40. The summed E-state index contributed by atoms with van der Waals surface area (Å²) in [5, 5.41) is 8.22. The number of ether oxygens (including phenoxy) is 2. The van der Waals surface area contributed by atoms with E-state index in [1.54, 1.807) is 0 Å². The van der Waals surface area contributed by atoms with E-state index in [4.69, 9.17) is 9.47 Å². The third kappa shape index (κ3) is 8.86. The van der Waals surface area contributed by atoms with Crippen molar-refractivity contribution in [3.05, 3.63) is 71.8 Å². The van der Waals surface area contributed by atoms with E-state index in [0.29, 0.717) is 19.4 Å². The Morgan fingerprint density at radius 3 is 2.18 bits per heavy atom. The van der Waals surface area contributed by atoms with Crippen molar-refractivity contribution >= 4 is 17.9 Å². The van der Waals surface area contributed by atoms with Gasteiger partial charge in [-0.15, -0.1) is 0 Å². The predicted molar refractivity (Wildman–Crippen MR) is 128 cm³/mol. The molecule has 2 aromatic carbocycles. The fourth-order valence-electron chi connectivity index (χ4n) is 3.59. The lowest BCUT2D eigenvalue weighted by atomic mass is 10.0. The molecular weight excluding hydrogens is 434 g/mol. The predicted octanol–water partition coefficient (Wildman–Crippen LogP) is 2.57. The van der Waals surface area contributed by atoms with Gasteiger partial charge in [0.25, 0.3) is 0 Å². The average molecular weight is 468 g/mol. The molecule has 0 spiro atoms. The summed E-state index contributed by atoms with van der Waals surface area (Å²) >= 11 is 0. The van der Waals surface area contributed by atoms with Gasteiger partial charge in [-0.1, -0.05) is 74.5 Å². The van der Waals surface area contributed by atoms with Crippen molar-refractivity contribution in [2.75, 3.05) is 13.2 Å². The average Bonchev–Trinajstić information content (AvgIpc) is 3.67. The van der Waals surface area contributed by atoms with Crippen LogP contribution in [0.3, 0.4) is 0 Å². The van der Waals surface area contributed by atoms with Crippen LogP contribution in [0.15, 0.2) is 60.7 Å². The summed E-state index contributed by atoms with van der Waals surface area (Å²) in [6.07, 6.45) is 0.395. The number of carbonyl (C=O) groups is 3. The standard InChI is InChI=1S/C26H33N3O5/c1-18(2)13-22(25(31)29-21(23-17-33-23)14-19-9-5-3-6-10-19)28-24(30)15-27-26(32)34-16-20-11-7-4-8-12-20/h3-12,18,21-23H,13-17H2,1-2H3,(H,27,32)(H,28,30)(H,29,31)/t21-,22-,23?/m0/s1. The van der Waals surface area contributed by atoms with Gasteiger partial charge in [0.2, 0.25) is 11.8 Å². The summed E-state index contributed by atoms with van der Waals surface area (Å²) in [5.74, 6) is -0.533. The minimum Gasteiger partial charge on any atom is -0.445 e. The van der Waals surface area contributed by atoms with E-state index >= 15 is 0 Å². The molecule has 3 atom stereocenters. The van der Waals surface area contributed by atoms with E-state index in [9.17, 15) is 14.4 Å². The molecule has 8 heteroatoms. The van der Waals surface area contributed by atoms with Crippen LogP contribution >= 0.6 is 0 Å². The first kappa shape index (κ1) is 25.2. The van der Waals surface area contributed by atoms with Gasteiger partial charge in [-0.05, 0) is 29.9 Å². The first-order valence-electron chi connectivity index (χ1n) is 11.6. The Kier molecular flexibility index (Phi) is 9.46. The number of carbonyl (C=O) groups excluding carboxylic acids is 3. The molecule has 1 aliphatic rings. The Morgan fingerprint density at radius 2 is 1.59 bits per heavy atom. The van der Waals surface area contributed by atoms with E-state index in [1.807, 2.05) is 74.5 Å². The molecule has 3 amide bonds. The highest BCUT2D eigenvalue weighted by atomic mass is 16.6. The van der Waals surface area contributed by atoms with Crippen LogP contribution in [-0.2, 0) is 32.1 Å². The van der Waals surface area contributed by atoms with Crippen molar-refractivity contribution in [2.24, 2.45) is 5.92 Å². The molecule has 0 saturated carbocycles. The van der Waals surface area contributed by atoms with Crippen LogP contribution < -0.4 is 16.0 Å². The molecular formula is C26H33N3O5. The number of hydrogen-bond acceptors (Lipinski definition) is 5. The Balaban J connectivity index is 1.48. The van der Waals surface area contributed by atoms with Gasteiger partial charge in [0.05, 0.1) is 12.6 Å². The van der Waals surface area contributed by atoms with E-state index in [-0.39, 0.29) is 37.1 Å². The van der Waals surface area contributed by atoms with Gasteiger partial charge < -0.3 is 25.4 Å². The lowest BCUT2D eigenvalue weighted by Gasteiger charge is -2.24. The summed E-state index contributed by atoms with van der Waals surface area (Å²) in [7, 11) is 0. The molecule has 8 nitrogen and oxygen atoms in total. The van der Waals surface area contributed by atoms with Gasteiger partial charge in [-0.25, -0.2) is 4.79 Å². The Labute approximate surface area is 200 Å². The third-order valence-electron chi connectivity index (χ3n) is 5.40. The zero-order valence-corrected chi connectivity index (χ0v) is 19.7. The quantitative estimate of drug-likeness (QED) is 0.416. The molecule has 2 aromatic rings. The van der Waals surface area contributed by atoms with Crippen LogP contribution in [0.1, 0.15) is 31.4 Å². The molecule has 0 aliphatic carbocycles. The van der Waals surface area contributed by atoms with Crippen molar-refractivity contribution in [1.29, 1.82) is 0 Å². The van der Waals surface area contributed by atoms with Crippen LogP contribution in [-0.4, -0.2) is 49.2 Å². The number of benzene rings is 2. The minimum absolute atomic E-state index is 0.0272. The molecule has 1 aliphatic heterocycles. The van der Waals surface area contributed by atoms with Gasteiger partial charge in [0.15, 0.2) is 0 Å². The number of nitrogens with one attached hydrogen (secondary N) is 3. The van der Waals surface area contributed by atoms with E-state index < -0.39 is 18.0 Å². The highest BCUT2D eigenvalue weighted by molar-refractivity contribution is 5.89. The van der Waals surface area contributed by atoms with Gasteiger partial charge >= 0.3 is 6.09 Å². The van der Waals surface area contributed by atoms with Crippen molar-refractivity contribution in [1.82, 2.24) is 16.0 Å². The highest BCUT2D eigenvalue weighted by Gasteiger charge is 2.35. The van der Waals surface area contributed by atoms with Crippen molar-refractivity contribution in [2.45, 2.75) is 51.5 Å². The topological polar surface area (TPSA) is 109 Å². The second kappa shape index (κ2) is 12.7. The van der Waals surface area contributed by atoms with Gasteiger partial charge in [-0.2, -0.15) is 0 Å². The van der Waals surface area contributed by atoms with Crippen LogP contribution in [0.5, 0.6) is 0 Å². The van der Waals surface area contributed by atoms with Crippen LogP contribution in [0.2, 0.25) is 0 Å². The number of hydrogen-bond donors (Lipinski definition) is 3. The molecule has 0 radical (unpaired) electrons. The van der Waals surface area contributed by atoms with Gasteiger partial charge in [0.1, 0.15) is 25.3 Å². The summed E-state index contributed by atoms with van der Waals surface area (Å²) < 4.78 is 10.6. The maximum atomic E-state index is 13.1. The zero-order valence-electron chi connectivity index (χ0n) is 19.7. The molecule has 1 saturated heterocycles. The normalized spacial score (nSPS) is 16.3. The van der Waals surface area contributed by atoms with Crippen molar-refractivity contribution in [3.63, 3.8) is 0 Å². The fourth-order valence-corrected chi connectivity index (χ4v) is 3.59. The maximum Gasteiger partial charge on any atom is 0.407 e. The first-order chi connectivity index (χ1) is 16.4. The minimum atomic E-state index is -0.716. The molecule has 1 fully saturated rings. The number of epoxide rings is 1. The second-order valence-electron chi connectivity index (χ2n) is 8.84. The molecule has 3 rings (SSSR count). The summed E-state index contributed by atoms with van der Waals surface area (Å²) in [4.78, 5) is 37.4. The molecule has 1 heterocycles. The molecule has 0 bridgehead atoms.